The Morgan fingerprint density at radius 2 is 2.18 bits per heavy atom. The second-order valence-electron chi connectivity index (χ2n) is 3.94. The lowest BCUT2D eigenvalue weighted by molar-refractivity contribution is 0.111. The van der Waals surface area contributed by atoms with Gasteiger partial charge in [-0.1, -0.05) is 6.07 Å². The summed E-state index contributed by atoms with van der Waals surface area (Å²) in [5.74, 6) is -0.307. The summed E-state index contributed by atoms with van der Waals surface area (Å²) in [5.41, 5.74) is 1.77. The van der Waals surface area contributed by atoms with Crippen molar-refractivity contribution in [3.8, 4) is 0 Å². The molecule has 2 aromatic heterocycles. The number of aldehydes is 1. The molecular weight excluding hydrogens is 219 g/mol. The molecule has 0 saturated carbocycles. The molecule has 0 bridgehead atoms. The third-order valence-corrected chi connectivity index (χ3v) is 2.90. The molecule has 0 radical (unpaired) electrons. The Labute approximate surface area is 96.5 Å². The number of imidazole rings is 1. The molecule has 84 valence electrons. The number of carbonyl (C=O) groups is 1. The highest BCUT2D eigenvalue weighted by Crippen LogP contribution is 2.22. The molecule has 0 aliphatic carbocycles. The first-order chi connectivity index (χ1) is 8.20. The summed E-state index contributed by atoms with van der Waals surface area (Å²) in [6.45, 7) is 1.77. The fourth-order valence-electron chi connectivity index (χ4n) is 2.06. The van der Waals surface area contributed by atoms with Gasteiger partial charge in [0.1, 0.15) is 17.2 Å². The fraction of sp³-hybridized carbons (Fsp3) is 0.0769. The van der Waals surface area contributed by atoms with Crippen LogP contribution in [-0.4, -0.2) is 15.7 Å². The summed E-state index contributed by atoms with van der Waals surface area (Å²) in [6, 6.07) is 6.39. The largest absolute Gasteiger partial charge is 0.297 e. The van der Waals surface area contributed by atoms with Crippen molar-refractivity contribution < 1.29 is 9.18 Å². The number of carbonyl (C=O) groups excluding carboxylic acids is 1. The molecule has 3 nitrogen and oxygen atoms in total. The second-order valence-corrected chi connectivity index (χ2v) is 3.94. The van der Waals surface area contributed by atoms with Crippen molar-refractivity contribution in [2.75, 3.05) is 0 Å². The number of benzene rings is 1. The van der Waals surface area contributed by atoms with Crippen LogP contribution in [0.25, 0.3) is 16.4 Å². The topological polar surface area (TPSA) is 34.4 Å². The van der Waals surface area contributed by atoms with Gasteiger partial charge in [-0.05, 0) is 30.5 Å². The van der Waals surface area contributed by atoms with E-state index in [0.29, 0.717) is 22.4 Å². The van der Waals surface area contributed by atoms with Gasteiger partial charge in [-0.2, -0.15) is 0 Å². The third-order valence-electron chi connectivity index (χ3n) is 2.90. The smallest absolute Gasteiger partial charge is 0.168 e. The average Bonchev–Trinajstić information content (AvgIpc) is 2.65. The van der Waals surface area contributed by atoms with E-state index < -0.39 is 0 Å². The second kappa shape index (κ2) is 3.38. The molecule has 17 heavy (non-hydrogen) atoms. The van der Waals surface area contributed by atoms with E-state index in [1.807, 2.05) is 6.07 Å². The van der Waals surface area contributed by atoms with Gasteiger partial charge in [0, 0.05) is 11.6 Å². The van der Waals surface area contributed by atoms with Crippen molar-refractivity contribution in [2.24, 2.45) is 0 Å². The number of hydrogen-bond donors (Lipinski definition) is 0. The van der Waals surface area contributed by atoms with Crippen molar-refractivity contribution in [1.82, 2.24) is 9.38 Å². The van der Waals surface area contributed by atoms with E-state index in [-0.39, 0.29) is 5.82 Å². The number of rotatable bonds is 1. The Hall–Kier alpha value is -2.23. The number of aromatic nitrogens is 2. The van der Waals surface area contributed by atoms with Crippen LogP contribution in [0.1, 0.15) is 16.2 Å². The number of nitrogens with zero attached hydrogens (tertiary/aromatic N) is 2. The molecule has 0 saturated heterocycles. The van der Waals surface area contributed by atoms with Gasteiger partial charge < -0.3 is 0 Å². The Morgan fingerprint density at radius 1 is 1.35 bits per heavy atom. The summed E-state index contributed by atoms with van der Waals surface area (Å²) in [7, 11) is 0. The zero-order valence-corrected chi connectivity index (χ0v) is 9.14. The standard InChI is InChI=1S/C13H9FN2O/c1-8-12(7-17)16-5-4-9-2-3-10(14)6-11(9)13(16)15-8/h2-7H,1H3. The minimum Gasteiger partial charge on any atom is -0.297 e. The van der Waals surface area contributed by atoms with Crippen molar-refractivity contribution in [3.05, 3.63) is 47.7 Å². The summed E-state index contributed by atoms with van der Waals surface area (Å²) in [6.07, 6.45) is 2.54. The number of halogens is 1. The molecule has 4 heteroatoms. The normalized spacial score (nSPS) is 11.2. The van der Waals surface area contributed by atoms with E-state index in [9.17, 15) is 9.18 Å². The highest BCUT2D eigenvalue weighted by molar-refractivity contribution is 5.95. The fourth-order valence-corrected chi connectivity index (χ4v) is 2.06. The minimum atomic E-state index is -0.307. The minimum absolute atomic E-state index is 0.307. The average molecular weight is 228 g/mol. The van der Waals surface area contributed by atoms with Gasteiger partial charge >= 0.3 is 0 Å². The van der Waals surface area contributed by atoms with Gasteiger partial charge in [0.15, 0.2) is 6.29 Å². The molecule has 0 spiro atoms. The predicted molar refractivity (Wildman–Crippen MR) is 62.8 cm³/mol. The summed E-state index contributed by atoms with van der Waals surface area (Å²) in [5, 5.41) is 1.62. The highest BCUT2D eigenvalue weighted by Gasteiger charge is 2.10. The first kappa shape index (κ1) is 9.96. The van der Waals surface area contributed by atoms with Gasteiger partial charge in [0.2, 0.25) is 0 Å². The van der Waals surface area contributed by atoms with Crippen molar-refractivity contribution >= 4 is 22.7 Å². The van der Waals surface area contributed by atoms with Gasteiger partial charge in [-0.3, -0.25) is 9.20 Å². The van der Waals surface area contributed by atoms with Crippen LogP contribution < -0.4 is 0 Å². The van der Waals surface area contributed by atoms with Crippen LogP contribution in [0.15, 0.2) is 30.5 Å². The van der Waals surface area contributed by atoms with Crippen LogP contribution >= 0.6 is 0 Å². The molecule has 0 amide bonds. The highest BCUT2D eigenvalue weighted by atomic mass is 19.1. The number of fused-ring (bicyclic) bond motifs is 3. The summed E-state index contributed by atoms with van der Waals surface area (Å²) < 4.78 is 14.9. The van der Waals surface area contributed by atoms with Crippen LogP contribution in [0.3, 0.4) is 0 Å². The van der Waals surface area contributed by atoms with Crippen molar-refractivity contribution in [2.45, 2.75) is 6.92 Å². The van der Waals surface area contributed by atoms with Crippen molar-refractivity contribution in [1.29, 1.82) is 0 Å². The Morgan fingerprint density at radius 3 is 2.94 bits per heavy atom. The summed E-state index contributed by atoms with van der Waals surface area (Å²) >= 11 is 0. The maximum atomic E-state index is 13.2. The molecule has 0 aliphatic heterocycles. The molecule has 0 fully saturated rings. The van der Waals surface area contributed by atoms with Gasteiger partial charge in [0.05, 0.1) is 5.69 Å². The van der Waals surface area contributed by atoms with E-state index in [4.69, 9.17) is 0 Å². The third kappa shape index (κ3) is 1.34. The van der Waals surface area contributed by atoms with Gasteiger partial charge in [-0.15, -0.1) is 0 Å². The van der Waals surface area contributed by atoms with Gasteiger partial charge in [-0.25, -0.2) is 9.37 Å². The molecule has 1 aromatic carbocycles. The zero-order valence-electron chi connectivity index (χ0n) is 9.14. The molecule has 0 N–H and O–H groups in total. The molecular formula is C13H9FN2O. The van der Waals surface area contributed by atoms with Crippen LogP contribution in [0, 0.1) is 12.7 Å². The molecule has 0 unspecified atom stereocenters. The van der Waals surface area contributed by atoms with E-state index in [1.165, 1.54) is 12.1 Å². The lowest BCUT2D eigenvalue weighted by atomic mass is 10.1. The van der Waals surface area contributed by atoms with E-state index >= 15 is 0 Å². The van der Waals surface area contributed by atoms with Crippen LogP contribution in [0.4, 0.5) is 4.39 Å². The Bertz CT molecular complexity index is 746. The molecule has 3 aromatic rings. The van der Waals surface area contributed by atoms with E-state index in [0.717, 1.165) is 11.7 Å². The lowest BCUT2D eigenvalue weighted by Gasteiger charge is -2.01. The van der Waals surface area contributed by atoms with Crippen LogP contribution in [0.2, 0.25) is 0 Å². The molecule has 0 atom stereocenters. The zero-order chi connectivity index (χ0) is 12.0. The Balaban J connectivity index is 2.55. The van der Waals surface area contributed by atoms with Crippen molar-refractivity contribution in [3.63, 3.8) is 0 Å². The van der Waals surface area contributed by atoms with Crippen LogP contribution in [-0.2, 0) is 0 Å². The predicted octanol–water partition coefficient (Wildman–Crippen LogP) is 2.75. The molecule has 0 aliphatic rings. The number of aryl methyl sites for hydroxylation is 1. The quantitative estimate of drug-likeness (QED) is 0.600. The number of hydrogen-bond acceptors (Lipinski definition) is 2. The van der Waals surface area contributed by atoms with Crippen LogP contribution in [0.5, 0.6) is 0 Å². The monoisotopic (exact) mass is 228 g/mol. The number of pyridine rings is 1. The maximum absolute atomic E-state index is 13.2. The lowest BCUT2D eigenvalue weighted by Crippen LogP contribution is -1.92. The molecule has 3 rings (SSSR count). The van der Waals surface area contributed by atoms with Gasteiger partial charge in [0.25, 0.3) is 0 Å². The maximum Gasteiger partial charge on any atom is 0.168 e. The molecule has 2 heterocycles. The van der Waals surface area contributed by atoms with E-state index in [1.54, 1.807) is 23.6 Å². The Kier molecular flexibility index (Phi) is 1.98. The summed E-state index contributed by atoms with van der Waals surface area (Å²) in [4.78, 5) is 15.3. The SMILES string of the molecule is Cc1nc2c3cc(F)ccc3ccn2c1C=O. The first-order valence-electron chi connectivity index (χ1n) is 5.23. The first-order valence-corrected chi connectivity index (χ1v) is 5.23. The van der Waals surface area contributed by atoms with E-state index in [2.05, 4.69) is 4.98 Å².